The van der Waals surface area contributed by atoms with Crippen molar-refractivity contribution < 1.29 is 13.9 Å². The monoisotopic (exact) mass is 379 g/mol. The average molecular weight is 380 g/mol. The lowest BCUT2D eigenvalue weighted by Gasteiger charge is -2.11. The molecule has 0 saturated carbocycles. The van der Waals surface area contributed by atoms with Crippen molar-refractivity contribution >= 4 is 27.5 Å². The second kappa shape index (κ2) is 8.11. The fourth-order valence-electron chi connectivity index (χ4n) is 1.90. The van der Waals surface area contributed by atoms with Gasteiger partial charge in [0.05, 0.1) is 11.1 Å². The summed E-state index contributed by atoms with van der Waals surface area (Å²) in [6.45, 7) is 4.92. The highest BCUT2D eigenvalue weighted by Gasteiger charge is 2.10. The van der Waals surface area contributed by atoms with Crippen molar-refractivity contribution in [3.63, 3.8) is 0 Å². The molecule has 0 radical (unpaired) electrons. The molecule has 3 nitrogen and oxygen atoms in total. The minimum Gasteiger partial charge on any atom is -0.492 e. The molecule has 0 unspecified atom stereocenters. The highest BCUT2D eigenvalue weighted by atomic mass is 79.9. The highest BCUT2D eigenvalue weighted by Crippen LogP contribution is 2.27. The SMILES string of the molecule is CC(C)CCOc1ccc(C(=O)Nc2ccc(F)cc2)cc1Br. The molecule has 0 aliphatic carbocycles. The molecule has 0 saturated heterocycles. The molecule has 2 rings (SSSR count). The molecular formula is C18H19BrFNO2. The van der Waals surface area contributed by atoms with Crippen LogP contribution >= 0.6 is 15.9 Å². The number of ether oxygens (including phenoxy) is 1. The van der Waals surface area contributed by atoms with Gasteiger partial charge in [0, 0.05) is 11.3 Å². The number of rotatable bonds is 6. The second-order valence-electron chi connectivity index (χ2n) is 5.64. The summed E-state index contributed by atoms with van der Waals surface area (Å²) in [5.41, 5.74) is 1.04. The summed E-state index contributed by atoms with van der Waals surface area (Å²) in [4.78, 5) is 12.2. The van der Waals surface area contributed by atoms with Gasteiger partial charge in [-0.05, 0) is 70.7 Å². The molecule has 0 aromatic heterocycles. The summed E-state index contributed by atoms with van der Waals surface area (Å²) in [6, 6.07) is 10.8. The first-order valence-corrected chi connectivity index (χ1v) is 8.24. The summed E-state index contributed by atoms with van der Waals surface area (Å²) in [5, 5.41) is 2.72. The zero-order chi connectivity index (χ0) is 16.8. The van der Waals surface area contributed by atoms with E-state index in [1.165, 1.54) is 24.3 Å². The Morgan fingerprint density at radius 1 is 1.22 bits per heavy atom. The summed E-state index contributed by atoms with van der Waals surface area (Å²) < 4.78 is 19.3. The third-order valence-corrected chi connectivity index (χ3v) is 3.87. The number of hydrogen-bond donors (Lipinski definition) is 1. The third-order valence-electron chi connectivity index (χ3n) is 3.25. The number of amides is 1. The van der Waals surface area contributed by atoms with Crippen LogP contribution in [0.2, 0.25) is 0 Å². The molecule has 2 aromatic carbocycles. The molecule has 0 atom stereocenters. The smallest absolute Gasteiger partial charge is 0.255 e. The Kier molecular flexibility index (Phi) is 6.16. The van der Waals surface area contributed by atoms with Crippen molar-refractivity contribution in [1.82, 2.24) is 0 Å². The Morgan fingerprint density at radius 2 is 1.91 bits per heavy atom. The Hall–Kier alpha value is -1.88. The van der Waals surface area contributed by atoms with Crippen LogP contribution in [-0.2, 0) is 0 Å². The van der Waals surface area contributed by atoms with Crippen LogP contribution in [0, 0.1) is 11.7 Å². The Morgan fingerprint density at radius 3 is 2.52 bits per heavy atom. The zero-order valence-corrected chi connectivity index (χ0v) is 14.7. The van der Waals surface area contributed by atoms with Crippen molar-refractivity contribution in [1.29, 1.82) is 0 Å². The molecule has 122 valence electrons. The number of anilines is 1. The second-order valence-corrected chi connectivity index (χ2v) is 6.49. The lowest BCUT2D eigenvalue weighted by Crippen LogP contribution is -2.12. The standard InChI is InChI=1S/C18H19BrFNO2/c1-12(2)9-10-23-17-8-3-13(11-16(17)19)18(22)21-15-6-4-14(20)5-7-15/h3-8,11-12H,9-10H2,1-2H3,(H,21,22). The lowest BCUT2D eigenvalue weighted by molar-refractivity contribution is 0.102. The lowest BCUT2D eigenvalue weighted by atomic mass is 10.1. The molecular weight excluding hydrogens is 361 g/mol. The summed E-state index contributed by atoms with van der Waals surface area (Å²) in [5.74, 6) is 0.693. The van der Waals surface area contributed by atoms with Gasteiger partial charge >= 0.3 is 0 Å². The molecule has 0 bridgehead atoms. The van der Waals surface area contributed by atoms with Crippen LogP contribution in [0.15, 0.2) is 46.9 Å². The predicted octanol–water partition coefficient (Wildman–Crippen LogP) is 5.27. The number of nitrogens with one attached hydrogen (secondary N) is 1. The number of benzene rings is 2. The molecule has 0 heterocycles. The predicted molar refractivity (Wildman–Crippen MR) is 93.4 cm³/mol. The van der Waals surface area contributed by atoms with Crippen LogP contribution in [0.3, 0.4) is 0 Å². The van der Waals surface area contributed by atoms with Gasteiger partial charge in [-0.1, -0.05) is 13.8 Å². The van der Waals surface area contributed by atoms with Crippen LogP contribution in [0.5, 0.6) is 5.75 Å². The van der Waals surface area contributed by atoms with Crippen LogP contribution in [-0.4, -0.2) is 12.5 Å². The largest absolute Gasteiger partial charge is 0.492 e. The van der Waals surface area contributed by atoms with Gasteiger partial charge in [-0.25, -0.2) is 4.39 Å². The van der Waals surface area contributed by atoms with E-state index in [1.54, 1.807) is 18.2 Å². The molecule has 1 N–H and O–H groups in total. The topological polar surface area (TPSA) is 38.3 Å². The molecule has 2 aromatic rings. The van der Waals surface area contributed by atoms with E-state index >= 15 is 0 Å². The zero-order valence-electron chi connectivity index (χ0n) is 13.1. The van der Waals surface area contributed by atoms with Crippen LogP contribution in [0.1, 0.15) is 30.6 Å². The molecule has 0 spiro atoms. The third kappa shape index (κ3) is 5.36. The normalized spacial score (nSPS) is 10.7. The van der Waals surface area contributed by atoms with Crippen molar-refractivity contribution in [3.05, 3.63) is 58.3 Å². The Bertz CT molecular complexity index is 671. The van der Waals surface area contributed by atoms with Gasteiger partial charge in [0.2, 0.25) is 0 Å². The van der Waals surface area contributed by atoms with Gasteiger partial charge in [0.15, 0.2) is 0 Å². The van der Waals surface area contributed by atoms with Gasteiger partial charge < -0.3 is 10.1 Å². The first-order chi connectivity index (χ1) is 11.0. The average Bonchev–Trinajstić information content (AvgIpc) is 2.50. The first kappa shape index (κ1) is 17.5. The van der Waals surface area contributed by atoms with Crippen molar-refractivity contribution in [3.8, 4) is 5.75 Å². The van der Waals surface area contributed by atoms with Gasteiger partial charge in [-0.15, -0.1) is 0 Å². The van der Waals surface area contributed by atoms with E-state index in [4.69, 9.17) is 4.74 Å². The molecule has 1 amide bonds. The van der Waals surface area contributed by atoms with Crippen molar-refractivity contribution in [2.45, 2.75) is 20.3 Å². The van der Waals surface area contributed by atoms with Crippen LogP contribution in [0.4, 0.5) is 10.1 Å². The fourth-order valence-corrected chi connectivity index (χ4v) is 2.39. The van der Waals surface area contributed by atoms with Gasteiger partial charge in [0.1, 0.15) is 11.6 Å². The van der Waals surface area contributed by atoms with Crippen molar-refractivity contribution in [2.75, 3.05) is 11.9 Å². The molecule has 0 aliphatic rings. The van der Waals surface area contributed by atoms with Crippen LogP contribution in [0.25, 0.3) is 0 Å². The number of carbonyl (C=O) groups excluding carboxylic acids is 1. The summed E-state index contributed by atoms with van der Waals surface area (Å²) >= 11 is 3.42. The maximum atomic E-state index is 12.9. The fraction of sp³-hybridized carbons (Fsp3) is 0.278. The summed E-state index contributed by atoms with van der Waals surface area (Å²) in [7, 11) is 0. The number of halogens is 2. The highest BCUT2D eigenvalue weighted by molar-refractivity contribution is 9.10. The van der Waals surface area contributed by atoms with E-state index in [0.29, 0.717) is 29.5 Å². The minimum atomic E-state index is -0.339. The van der Waals surface area contributed by atoms with E-state index in [1.807, 2.05) is 0 Å². The Balaban J connectivity index is 2.01. The maximum absolute atomic E-state index is 12.9. The van der Waals surface area contributed by atoms with Crippen LogP contribution < -0.4 is 10.1 Å². The van der Waals surface area contributed by atoms with Gasteiger partial charge in [-0.2, -0.15) is 0 Å². The van der Waals surface area contributed by atoms with Crippen molar-refractivity contribution in [2.24, 2.45) is 5.92 Å². The van der Waals surface area contributed by atoms with E-state index in [2.05, 4.69) is 35.1 Å². The van der Waals surface area contributed by atoms with Gasteiger partial charge in [-0.3, -0.25) is 4.79 Å². The quantitative estimate of drug-likeness (QED) is 0.742. The van der Waals surface area contributed by atoms with E-state index in [0.717, 1.165) is 10.9 Å². The van der Waals surface area contributed by atoms with Gasteiger partial charge in [0.25, 0.3) is 5.91 Å². The molecule has 0 aliphatic heterocycles. The Labute approximate surface area is 144 Å². The molecule has 23 heavy (non-hydrogen) atoms. The summed E-state index contributed by atoms with van der Waals surface area (Å²) in [6.07, 6.45) is 0.971. The molecule has 0 fully saturated rings. The number of hydrogen-bond acceptors (Lipinski definition) is 2. The van der Waals surface area contributed by atoms with E-state index in [9.17, 15) is 9.18 Å². The van der Waals surface area contributed by atoms with E-state index < -0.39 is 0 Å². The molecule has 5 heteroatoms. The maximum Gasteiger partial charge on any atom is 0.255 e. The minimum absolute atomic E-state index is 0.258. The first-order valence-electron chi connectivity index (χ1n) is 7.45. The number of carbonyl (C=O) groups is 1. The van der Waals surface area contributed by atoms with E-state index in [-0.39, 0.29) is 11.7 Å².